The molecule has 3 nitrogen and oxygen atoms in total. The monoisotopic (exact) mass is 582 g/mol. The minimum atomic E-state index is 0.439. The Kier molecular flexibility index (Phi) is 5.59. The molecule has 0 aliphatic heterocycles. The lowest BCUT2D eigenvalue weighted by Gasteiger charge is -2.12. The number of nitrogens with zero attached hydrogens (tertiary/aromatic N) is 2. The Morgan fingerprint density at radius 3 is 1.84 bits per heavy atom. The third kappa shape index (κ3) is 3.71. The number of ether oxygens (including phenoxy) is 1. The van der Waals surface area contributed by atoms with E-state index in [4.69, 9.17) is 4.74 Å². The topological polar surface area (TPSA) is 26.5 Å². The summed E-state index contributed by atoms with van der Waals surface area (Å²) in [4.78, 5) is 4.29. The maximum absolute atomic E-state index is 6.53. The molecule has 0 bridgehead atoms. The summed E-state index contributed by atoms with van der Waals surface area (Å²) in [5.74, 6) is 0.792. The minimum Gasteiger partial charge on any atom is -0.486 e. The molecule has 0 spiro atoms. The van der Waals surface area contributed by atoms with E-state index in [-0.39, 0.29) is 0 Å². The molecule has 0 saturated heterocycles. The van der Waals surface area contributed by atoms with Crippen molar-refractivity contribution in [2.45, 2.75) is 6.61 Å². The van der Waals surface area contributed by atoms with E-state index < -0.39 is 0 Å². The number of hydrogen-bond donors (Lipinski definition) is 0. The van der Waals surface area contributed by atoms with Crippen LogP contribution < -0.4 is 4.74 Å². The van der Waals surface area contributed by atoms with Crippen molar-refractivity contribution in [1.29, 1.82) is 0 Å². The van der Waals surface area contributed by atoms with Crippen LogP contribution >= 0.6 is 11.3 Å². The van der Waals surface area contributed by atoms with Crippen molar-refractivity contribution in [1.82, 2.24) is 4.57 Å². The van der Waals surface area contributed by atoms with Gasteiger partial charge in [0.1, 0.15) is 12.3 Å². The molecule has 2 heterocycles. The lowest BCUT2D eigenvalue weighted by atomic mass is 10.00. The molecule has 0 N–H and O–H groups in total. The summed E-state index contributed by atoms with van der Waals surface area (Å²) in [5, 5.41) is 9.94. The summed E-state index contributed by atoms with van der Waals surface area (Å²) >= 11 is 1.78. The van der Waals surface area contributed by atoms with Gasteiger partial charge in [0, 0.05) is 36.6 Å². The molecule has 7 aromatic carbocycles. The van der Waals surface area contributed by atoms with Gasteiger partial charge in [-0.2, -0.15) is 0 Å². The Morgan fingerprint density at radius 1 is 0.568 bits per heavy atom. The normalized spacial score (nSPS) is 11.8. The molecule has 0 aliphatic rings. The summed E-state index contributed by atoms with van der Waals surface area (Å²) in [7, 11) is 0. The van der Waals surface area contributed by atoms with Gasteiger partial charge in [0.05, 0.1) is 11.0 Å². The fourth-order valence-electron chi connectivity index (χ4n) is 6.77. The van der Waals surface area contributed by atoms with E-state index in [1.54, 1.807) is 11.3 Å². The fourth-order valence-corrected chi connectivity index (χ4v) is 7.87. The average molecular weight is 583 g/mol. The largest absolute Gasteiger partial charge is 0.486 e. The molecule has 0 saturated carbocycles. The standard InChI is InChI=1S/C40H26N2OS/c1-41-32-20-23-36-39(31-12-6-7-13-35(31)44-36)40(32)43-24-25-14-18-28(19-15-25)42-33-21-16-26-8-2-4-10-29(26)37(33)38-30-11-5-3-9-27(30)17-22-34(38)42/h2-23H,1,24H2. The summed E-state index contributed by atoms with van der Waals surface area (Å²) in [6, 6.07) is 47.7. The van der Waals surface area contributed by atoms with Crippen LogP contribution in [0.1, 0.15) is 5.56 Å². The predicted molar refractivity (Wildman–Crippen MR) is 189 cm³/mol. The molecule has 9 aromatic rings. The SMILES string of the molecule is C=Nc1ccc2sc3ccccc3c2c1OCc1ccc(-n2c3ccc4ccccc4c3c3c4ccccc4ccc32)cc1. The van der Waals surface area contributed by atoms with Crippen LogP contribution in [0.15, 0.2) is 138 Å². The molecule has 0 fully saturated rings. The Morgan fingerprint density at radius 2 is 1.18 bits per heavy atom. The van der Waals surface area contributed by atoms with Gasteiger partial charge >= 0.3 is 0 Å². The van der Waals surface area contributed by atoms with E-state index in [0.29, 0.717) is 6.61 Å². The first kappa shape index (κ1) is 25.1. The van der Waals surface area contributed by atoms with Gasteiger partial charge in [-0.25, -0.2) is 0 Å². The quantitative estimate of drug-likeness (QED) is 0.185. The third-order valence-corrected chi connectivity index (χ3v) is 9.90. The van der Waals surface area contributed by atoms with Gasteiger partial charge < -0.3 is 9.30 Å². The van der Waals surface area contributed by atoms with Crippen LogP contribution in [0.3, 0.4) is 0 Å². The number of fused-ring (bicyclic) bond motifs is 10. The van der Waals surface area contributed by atoms with E-state index >= 15 is 0 Å². The second kappa shape index (κ2) is 9.80. The summed E-state index contributed by atoms with van der Waals surface area (Å²) in [6.45, 7) is 4.26. The van der Waals surface area contributed by atoms with Gasteiger partial charge in [0.2, 0.25) is 0 Å². The van der Waals surface area contributed by atoms with Crippen LogP contribution in [-0.4, -0.2) is 11.3 Å². The zero-order chi connectivity index (χ0) is 29.2. The number of aromatic nitrogens is 1. The number of aliphatic imine (C=N–C) groups is 1. The minimum absolute atomic E-state index is 0.439. The molecule has 0 amide bonds. The number of thiophene rings is 1. The highest BCUT2D eigenvalue weighted by molar-refractivity contribution is 7.25. The van der Waals surface area contributed by atoms with Crippen molar-refractivity contribution in [3.63, 3.8) is 0 Å². The van der Waals surface area contributed by atoms with Crippen molar-refractivity contribution in [3.05, 3.63) is 139 Å². The van der Waals surface area contributed by atoms with Gasteiger partial charge in [0.15, 0.2) is 5.75 Å². The van der Waals surface area contributed by atoms with Crippen molar-refractivity contribution >= 4 is 87.3 Å². The molecule has 2 aromatic heterocycles. The first-order chi connectivity index (χ1) is 21.8. The van der Waals surface area contributed by atoms with Gasteiger partial charge in [-0.3, -0.25) is 4.99 Å². The number of hydrogen-bond acceptors (Lipinski definition) is 3. The van der Waals surface area contributed by atoms with Crippen LogP contribution in [0.2, 0.25) is 0 Å². The van der Waals surface area contributed by atoms with Gasteiger partial charge in [-0.05, 0) is 76.3 Å². The molecule has 208 valence electrons. The third-order valence-electron chi connectivity index (χ3n) is 8.77. The Balaban J connectivity index is 1.16. The van der Waals surface area contributed by atoms with Gasteiger partial charge in [-0.15, -0.1) is 11.3 Å². The molecule has 9 rings (SSSR count). The maximum atomic E-state index is 6.53. The summed E-state index contributed by atoms with van der Waals surface area (Å²) in [5.41, 5.74) is 5.39. The van der Waals surface area contributed by atoms with Crippen molar-refractivity contribution < 1.29 is 4.74 Å². The molecule has 0 unspecified atom stereocenters. The first-order valence-electron chi connectivity index (χ1n) is 14.8. The fraction of sp³-hybridized carbons (Fsp3) is 0.0250. The van der Waals surface area contributed by atoms with E-state index in [0.717, 1.165) is 28.1 Å². The van der Waals surface area contributed by atoms with Crippen LogP contribution in [-0.2, 0) is 6.61 Å². The number of rotatable bonds is 5. The summed E-state index contributed by atoms with van der Waals surface area (Å²) in [6.07, 6.45) is 0. The van der Waals surface area contributed by atoms with Crippen molar-refractivity contribution in [2.75, 3.05) is 0 Å². The van der Waals surface area contributed by atoms with Gasteiger partial charge in [0.25, 0.3) is 0 Å². The Bertz CT molecular complexity index is 2480. The first-order valence-corrected chi connectivity index (χ1v) is 15.6. The molecule has 4 heteroatoms. The molecular weight excluding hydrogens is 557 g/mol. The number of benzene rings is 7. The highest BCUT2D eigenvalue weighted by Gasteiger charge is 2.18. The zero-order valence-corrected chi connectivity index (χ0v) is 24.6. The van der Waals surface area contributed by atoms with Crippen molar-refractivity contribution in [3.8, 4) is 11.4 Å². The lowest BCUT2D eigenvalue weighted by molar-refractivity contribution is 0.311. The Labute approximate surface area is 257 Å². The molecule has 0 atom stereocenters. The summed E-state index contributed by atoms with van der Waals surface area (Å²) < 4.78 is 11.4. The molecule has 44 heavy (non-hydrogen) atoms. The maximum Gasteiger partial charge on any atom is 0.154 e. The smallest absolute Gasteiger partial charge is 0.154 e. The second-order valence-electron chi connectivity index (χ2n) is 11.2. The van der Waals surface area contributed by atoms with Crippen LogP contribution in [0.5, 0.6) is 5.75 Å². The van der Waals surface area contributed by atoms with Crippen LogP contribution in [0, 0.1) is 0 Å². The second-order valence-corrected chi connectivity index (χ2v) is 12.3. The zero-order valence-electron chi connectivity index (χ0n) is 23.8. The van der Waals surface area contributed by atoms with Crippen LogP contribution in [0.4, 0.5) is 5.69 Å². The lowest BCUT2D eigenvalue weighted by Crippen LogP contribution is -1.98. The van der Waals surface area contributed by atoms with E-state index in [9.17, 15) is 0 Å². The van der Waals surface area contributed by atoms with Crippen molar-refractivity contribution in [2.24, 2.45) is 4.99 Å². The van der Waals surface area contributed by atoms with E-state index in [1.165, 1.54) is 58.1 Å². The Hall–Kier alpha value is -5.45. The average Bonchev–Trinajstić information content (AvgIpc) is 3.64. The molecule has 0 aliphatic carbocycles. The molecular formula is C40H26N2OS. The van der Waals surface area contributed by atoms with E-state index in [2.05, 4.69) is 144 Å². The highest BCUT2D eigenvalue weighted by Crippen LogP contribution is 2.45. The van der Waals surface area contributed by atoms with E-state index in [1.807, 2.05) is 6.07 Å². The van der Waals surface area contributed by atoms with Gasteiger partial charge in [-0.1, -0.05) is 91.0 Å². The molecule has 0 radical (unpaired) electrons. The van der Waals surface area contributed by atoms with Crippen LogP contribution in [0.25, 0.3) is 69.2 Å². The predicted octanol–water partition coefficient (Wildman–Crippen LogP) is 11.4. The highest BCUT2D eigenvalue weighted by atomic mass is 32.1.